The molecule has 63 heavy (non-hydrogen) atoms. The predicted octanol–water partition coefficient (Wildman–Crippen LogP) is 15.7. The average molecular weight is 806 g/mol. The molecular formula is C60H39NO2. The minimum atomic E-state index is -0.536. The minimum Gasteiger partial charge on any atom is -0.449 e. The zero-order valence-corrected chi connectivity index (χ0v) is 34.3. The Kier molecular flexibility index (Phi) is 8.72. The van der Waals surface area contributed by atoms with Gasteiger partial charge in [0, 0.05) is 16.7 Å². The maximum absolute atomic E-state index is 7.05. The van der Waals surface area contributed by atoms with Crippen molar-refractivity contribution in [3.8, 4) is 90.0 Å². The second-order valence-corrected chi connectivity index (χ2v) is 16.2. The number of aromatic nitrogens is 1. The number of hydrogen-bond donors (Lipinski definition) is 0. The van der Waals surface area contributed by atoms with Gasteiger partial charge in [0.1, 0.15) is 0 Å². The van der Waals surface area contributed by atoms with Crippen LogP contribution < -0.4 is 9.47 Å². The summed E-state index contributed by atoms with van der Waals surface area (Å²) >= 11 is 0. The van der Waals surface area contributed by atoms with Gasteiger partial charge in [0.15, 0.2) is 23.0 Å². The van der Waals surface area contributed by atoms with Crippen LogP contribution in [0.15, 0.2) is 237 Å². The first kappa shape index (κ1) is 36.6. The molecule has 9 aromatic carbocycles. The van der Waals surface area contributed by atoms with Crippen molar-refractivity contribution in [1.82, 2.24) is 4.98 Å². The predicted molar refractivity (Wildman–Crippen MR) is 255 cm³/mol. The first-order valence-electron chi connectivity index (χ1n) is 21.4. The second-order valence-electron chi connectivity index (χ2n) is 16.2. The molecular weight excluding hydrogens is 767 g/mol. The highest BCUT2D eigenvalue weighted by Crippen LogP contribution is 2.62. The van der Waals surface area contributed by atoms with Crippen LogP contribution in [0.25, 0.3) is 67.0 Å². The van der Waals surface area contributed by atoms with E-state index < -0.39 is 5.41 Å². The molecule has 0 amide bonds. The topological polar surface area (TPSA) is 31.4 Å². The van der Waals surface area contributed by atoms with Gasteiger partial charge in [0.2, 0.25) is 0 Å². The zero-order valence-electron chi connectivity index (χ0n) is 34.3. The molecule has 0 saturated carbocycles. The Morgan fingerprint density at radius 1 is 0.302 bits per heavy atom. The van der Waals surface area contributed by atoms with E-state index in [0.29, 0.717) is 17.2 Å². The van der Waals surface area contributed by atoms with Gasteiger partial charge in [0.25, 0.3) is 0 Å². The summed E-state index contributed by atoms with van der Waals surface area (Å²) in [5.74, 6) is 2.80. The highest BCUT2D eigenvalue weighted by atomic mass is 16.6. The molecule has 0 unspecified atom stereocenters. The molecule has 0 spiro atoms. The van der Waals surface area contributed by atoms with Gasteiger partial charge in [0.05, 0.1) is 16.8 Å². The molecule has 0 saturated heterocycles. The molecule has 0 radical (unpaired) electrons. The molecule has 1 aliphatic heterocycles. The molecule has 0 atom stereocenters. The van der Waals surface area contributed by atoms with E-state index in [2.05, 4.69) is 224 Å². The molecule has 2 heterocycles. The van der Waals surface area contributed by atoms with Crippen molar-refractivity contribution in [1.29, 1.82) is 0 Å². The zero-order chi connectivity index (χ0) is 41.7. The Morgan fingerprint density at radius 2 is 0.810 bits per heavy atom. The van der Waals surface area contributed by atoms with Gasteiger partial charge in [-0.3, -0.25) is 0 Å². The van der Waals surface area contributed by atoms with Crippen molar-refractivity contribution in [2.45, 2.75) is 5.41 Å². The van der Waals surface area contributed by atoms with Crippen molar-refractivity contribution >= 4 is 0 Å². The fraction of sp³-hybridized carbons (Fsp3) is 0.0167. The summed E-state index contributed by atoms with van der Waals surface area (Å²) in [6.07, 6.45) is 0. The summed E-state index contributed by atoms with van der Waals surface area (Å²) in [5, 5.41) is 0. The molecule has 2 aliphatic rings. The van der Waals surface area contributed by atoms with Crippen LogP contribution in [0.2, 0.25) is 0 Å². The van der Waals surface area contributed by atoms with Crippen LogP contribution in [0.5, 0.6) is 23.0 Å². The molecule has 0 bridgehead atoms. The lowest BCUT2D eigenvalue weighted by atomic mass is 9.68. The van der Waals surface area contributed by atoms with Crippen molar-refractivity contribution in [2.24, 2.45) is 0 Å². The van der Waals surface area contributed by atoms with Crippen molar-refractivity contribution in [3.63, 3.8) is 0 Å². The van der Waals surface area contributed by atoms with E-state index in [4.69, 9.17) is 14.5 Å². The van der Waals surface area contributed by atoms with Gasteiger partial charge in [-0.2, -0.15) is 0 Å². The molecule has 1 aromatic heterocycles. The first-order valence-corrected chi connectivity index (χ1v) is 21.4. The lowest BCUT2D eigenvalue weighted by Gasteiger charge is -2.34. The molecule has 1 aliphatic carbocycles. The van der Waals surface area contributed by atoms with E-state index in [9.17, 15) is 0 Å². The van der Waals surface area contributed by atoms with E-state index >= 15 is 0 Å². The number of hydrogen-bond acceptors (Lipinski definition) is 3. The summed E-state index contributed by atoms with van der Waals surface area (Å²) in [7, 11) is 0. The molecule has 0 fully saturated rings. The fourth-order valence-corrected chi connectivity index (χ4v) is 9.71. The molecule has 296 valence electrons. The Balaban J connectivity index is 0.943. The molecule has 3 heteroatoms. The first-order chi connectivity index (χ1) is 31.2. The molecule has 3 nitrogen and oxygen atoms in total. The van der Waals surface area contributed by atoms with E-state index in [1.165, 1.54) is 33.4 Å². The Labute approximate surface area is 367 Å². The van der Waals surface area contributed by atoms with Crippen molar-refractivity contribution in [3.05, 3.63) is 259 Å². The third-order valence-electron chi connectivity index (χ3n) is 12.6. The number of ether oxygens (including phenoxy) is 2. The van der Waals surface area contributed by atoms with Crippen LogP contribution in [-0.4, -0.2) is 4.98 Å². The number of benzene rings is 9. The lowest BCUT2D eigenvalue weighted by molar-refractivity contribution is 0.360. The SMILES string of the molecule is c1ccc(-c2cccc(-c3cc(-c4ccccc4)nc(-c4cccc(-c5ccc6c(c5)Oc5c(ccc7c5-c5ccccc5C7(c5ccccc5)c5ccccc5)O6)c4)c3)c2)cc1. The maximum atomic E-state index is 7.05. The Morgan fingerprint density at radius 3 is 1.51 bits per heavy atom. The average Bonchev–Trinajstić information content (AvgIpc) is 3.68. The highest BCUT2D eigenvalue weighted by Gasteiger charge is 2.48. The van der Waals surface area contributed by atoms with E-state index in [1.807, 2.05) is 12.1 Å². The summed E-state index contributed by atoms with van der Waals surface area (Å²) in [4.78, 5) is 5.27. The summed E-state index contributed by atoms with van der Waals surface area (Å²) in [6.45, 7) is 0. The number of rotatable bonds is 7. The van der Waals surface area contributed by atoms with E-state index in [0.717, 1.165) is 61.6 Å². The van der Waals surface area contributed by atoms with Crippen LogP contribution in [0.4, 0.5) is 0 Å². The lowest BCUT2D eigenvalue weighted by Crippen LogP contribution is -2.28. The van der Waals surface area contributed by atoms with Gasteiger partial charge in [-0.25, -0.2) is 4.98 Å². The molecule has 0 N–H and O–H groups in total. The minimum absolute atomic E-state index is 0.536. The van der Waals surface area contributed by atoms with Gasteiger partial charge >= 0.3 is 0 Å². The normalized spacial score (nSPS) is 12.8. The highest BCUT2D eigenvalue weighted by molar-refractivity contribution is 5.92. The molecule has 10 aromatic rings. The fourth-order valence-electron chi connectivity index (χ4n) is 9.71. The smallest absolute Gasteiger partial charge is 0.178 e. The number of pyridine rings is 1. The standard InChI is InChI=1S/C60H39NO2/c1-5-17-40(18-6-1)42-21-15-23-44(35-42)47-37-53(41-19-7-2-8-20-41)61-54(38-47)46-24-16-22-43(36-46)45-31-33-55-57(39-45)63-59-56(62-55)34-32-52-58(59)50-29-13-14-30-51(50)60(52,48-25-9-3-10-26-48)49-27-11-4-12-28-49/h1-39H. The maximum Gasteiger partial charge on any atom is 0.178 e. The summed E-state index contributed by atoms with van der Waals surface area (Å²) < 4.78 is 13.7. The van der Waals surface area contributed by atoms with Crippen LogP contribution >= 0.6 is 0 Å². The van der Waals surface area contributed by atoms with Gasteiger partial charge in [-0.05, 0) is 104 Å². The van der Waals surface area contributed by atoms with Crippen molar-refractivity contribution in [2.75, 3.05) is 0 Å². The molecule has 12 rings (SSSR count). The largest absolute Gasteiger partial charge is 0.449 e. The Hall–Kier alpha value is -8.27. The second kappa shape index (κ2) is 15.0. The van der Waals surface area contributed by atoms with Gasteiger partial charge in [-0.1, -0.05) is 194 Å². The van der Waals surface area contributed by atoms with E-state index in [1.54, 1.807) is 0 Å². The van der Waals surface area contributed by atoms with Crippen LogP contribution in [0.1, 0.15) is 22.3 Å². The Bertz CT molecular complexity index is 3290. The van der Waals surface area contributed by atoms with Gasteiger partial charge < -0.3 is 9.47 Å². The monoisotopic (exact) mass is 805 g/mol. The summed E-state index contributed by atoms with van der Waals surface area (Å²) in [6, 6.07) is 83.7. The number of nitrogens with zero attached hydrogens (tertiary/aromatic N) is 1. The van der Waals surface area contributed by atoms with Crippen LogP contribution in [-0.2, 0) is 5.41 Å². The van der Waals surface area contributed by atoms with Crippen molar-refractivity contribution < 1.29 is 9.47 Å². The third-order valence-corrected chi connectivity index (χ3v) is 12.6. The van der Waals surface area contributed by atoms with Crippen LogP contribution in [0.3, 0.4) is 0 Å². The number of fused-ring (bicyclic) bond motifs is 6. The van der Waals surface area contributed by atoms with E-state index in [-0.39, 0.29) is 0 Å². The third kappa shape index (κ3) is 6.16. The summed E-state index contributed by atoms with van der Waals surface area (Å²) in [5.41, 5.74) is 17.1. The van der Waals surface area contributed by atoms with Crippen LogP contribution in [0, 0.1) is 0 Å². The van der Waals surface area contributed by atoms with Gasteiger partial charge in [-0.15, -0.1) is 0 Å². The quantitative estimate of drug-likeness (QED) is 0.161.